The zero-order chi connectivity index (χ0) is 15.9. The van der Waals surface area contributed by atoms with Crippen LogP contribution in [0.4, 0.5) is 4.39 Å². The van der Waals surface area contributed by atoms with E-state index in [1.165, 1.54) is 25.0 Å². The van der Waals surface area contributed by atoms with Crippen molar-refractivity contribution in [3.8, 4) is 0 Å². The third kappa shape index (κ3) is 3.40. The summed E-state index contributed by atoms with van der Waals surface area (Å²) in [6, 6.07) is 3.36. The highest BCUT2D eigenvalue weighted by atomic mass is 35.5. The maximum absolute atomic E-state index is 13.6. The number of carbonyl (C=O) groups excluding carboxylic acids is 1. The lowest BCUT2D eigenvalue weighted by Gasteiger charge is -2.18. The van der Waals surface area contributed by atoms with Crippen molar-refractivity contribution in [3.05, 3.63) is 34.6 Å². The normalized spacial score (nSPS) is 24.6. The first kappa shape index (κ1) is 15.3. The van der Waals surface area contributed by atoms with Gasteiger partial charge in [0.15, 0.2) is 0 Å². The second-order valence-corrected chi connectivity index (χ2v) is 6.58. The van der Waals surface area contributed by atoms with Gasteiger partial charge in [0.1, 0.15) is 5.82 Å². The SMILES string of the molecule is O=C(O)CC(NC(=O)C1CC1C1CC1)c1ccc(Cl)c(F)c1. The average Bonchev–Trinajstić information content (AvgIpc) is 3.32. The van der Waals surface area contributed by atoms with Gasteiger partial charge in [0.25, 0.3) is 0 Å². The van der Waals surface area contributed by atoms with Crippen LogP contribution in [-0.2, 0) is 9.59 Å². The Hall–Kier alpha value is -1.62. The van der Waals surface area contributed by atoms with E-state index in [2.05, 4.69) is 5.32 Å². The minimum Gasteiger partial charge on any atom is -0.481 e. The first-order valence-corrected chi connectivity index (χ1v) is 7.80. The number of hydrogen-bond donors (Lipinski definition) is 2. The van der Waals surface area contributed by atoms with E-state index in [9.17, 15) is 14.0 Å². The van der Waals surface area contributed by atoms with Crippen LogP contribution in [-0.4, -0.2) is 17.0 Å². The Morgan fingerprint density at radius 1 is 1.41 bits per heavy atom. The molecule has 0 saturated heterocycles. The topological polar surface area (TPSA) is 66.4 Å². The van der Waals surface area contributed by atoms with Gasteiger partial charge in [0, 0.05) is 5.92 Å². The number of carboxylic acids is 1. The number of carbonyl (C=O) groups is 2. The van der Waals surface area contributed by atoms with E-state index >= 15 is 0 Å². The molecule has 3 unspecified atom stereocenters. The summed E-state index contributed by atoms with van der Waals surface area (Å²) >= 11 is 5.64. The van der Waals surface area contributed by atoms with Gasteiger partial charge < -0.3 is 10.4 Å². The molecule has 0 bridgehead atoms. The van der Waals surface area contributed by atoms with Crippen LogP contribution < -0.4 is 5.32 Å². The van der Waals surface area contributed by atoms with Crippen molar-refractivity contribution in [1.29, 1.82) is 0 Å². The summed E-state index contributed by atoms with van der Waals surface area (Å²) in [5.41, 5.74) is 0.418. The molecule has 0 radical (unpaired) electrons. The minimum atomic E-state index is -1.05. The molecule has 2 saturated carbocycles. The molecule has 0 aromatic heterocycles. The van der Waals surface area contributed by atoms with Crippen molar-refractivity contribution in [3.63, 3.8) is 0 Å². The number of halogens is 2. The van der Waals surface area contributed by atoms with Gasteiger partial charge in [-0.2, -0.15) is 0 Å². The molecule has 0 heterocycles. The Morgan fingerprint density at radius 2 is 2.14 bits per heavy atom. The minimum absolute atomic E-state index is 0.0130. The quantitative estimate of drug-likeness (QED) is 0.844. The van der Waals surface area contributed by atoms with Crippen LogP contribution in [0.2, 0.25) is 5.02 Å². The molecule has 0 aliphatic heterocycles. The number of rotatable bonds is 6. The van der Waals surface area contributed by atoms with Crippen molar-refractivity contribution in [2.45, 2.75) is 31.7 Å². The highest BCUT2D eigenvalue weighted by molar-refractivity contribution is 6.30. The Labute approximate surface area is 132 Å². The van der Waals surface area contributed by atoms with E-state index in [1.807, 2.05) is 0 Å². The first-order valence-electron chi connectivity index (χ1n) is 7.43. The number of carboxylic acid groups (broad SMARTS) is 1. The van der Waals surface area contributed by atoms with Gasteiger partial charge in [-0.25, -0.2) is 4.39 Å². The van der Waals surface area contributed by atoms with Crippen LogP contribution in [0.15, 0.2) is 18.2 Å². The number of amides is 1. The lowest BCUT2D eigenvalue weighted by molar-refractivity contribution is -0.137. The van der Waals surface area contributed by atoms with Crippen molar-refractivity contribution in [2.75, 3.05) is 0 Å². The van der Waals surface area contributed by atoms with Gasteiger partial charge in [0.05, 0.1) is 17.5 Å². The third-order valence-corrected chi connectivity index (χ3v) is 4.75. The highest BCUT2D eigenvalue weighted by Gasteiger charge is 2.51. The number of nitrogens with one attached hydrogen (secondary N) is 1. The summed E-state index contributed by atoms with van der Waals surface area (Å²) in [4.78, 5) is 23.3. The third-order valence-electron chi connectivity index (χ3n) is 4.45. The monoisotopic (exact) mass is 325 g/mol. The molecule has 2 aliphatic rings. The number of hydrogen-bond acceptors (Lipinski definition) is 2. The molecule has 2 aliphatic carbocycles. The van der Waals surface area contributed by atoms with Crippen LogP contribution in [0.5, 0.6) is 0 Å². The summed E-state index contributed by atoms with van der Waals surface area (Å²) in [6.45, 7) is 0. The Morgan fingerprint density at radius 3 is 2.73 bits per heavy atom. The number of aliphatic carboxylic acids is 1. The predicted octanol–water partition coefficient (Wildman–Crippen LogP) is 3.16. The van der Waals surface area contributed by atoms with E-state index < -0.39 is 17.8 Å². The second kappa shape index (κ2) is 5.88. The van der Waals surface area contributed by atoms with Gasteiger partial charge in [-0.1, -0.05) is 17.7 Å². The van der Waals surface area contributed by atoms with E-state index in [-0.39, 0.29) is 23.3 Å². The lowest BCUT2D eigenvalue weighted by Crippen LogP contribution is -2.32. The van der Waals surface area contributed by atoms with Gasteiger partial charge in [-0.15, -0.1) is 0 Å². The Kier molecular flexibility index (Phi) is 4.08. The van der Waals surface area contributed by atoms with Crippen molar-refractivity contribution >= 4 is 23.5 Å². The second-order valence-electron chi connectivity index (χ2n) is 6.18. The first-order chi connectivity index (χ1) is 10.5. The van der Waals surface area contributed by atoms with Crippen molar-refractivity contribution in [2.24, 2.45) is 17.8 Å². The zero-order valence-electron chi connectivity index (χ0n) is 11.9. The van der Waals surface area contributed by atoms with E-state index in [1.54, 1.807) is 6.07 Å². The fourth-order valence-electron chi connectivity index (χ4n) is 3.00. The molecule has 3 rings (SSSR count). The lowest BCUT2D eigenvalue weighted by atomic mass is 10.0. The molecule has 118 valence electrons. The molecule has 1 amide bonds. The summed E-state index contributed by atoms with van der Waals surface area (Å²) < 4.78 is 13.6. The Bertz CT molecular complexity index is 617. The van der Waals surface area contributed by atoms with E-state index in [0.29, 0.717) is 17.4 Å². The van der Waals surface area contributed by atoms with Gasteiger partial charge in [-0.3, -0.25) is 9.59 Å². The standard InChI is InChI=1S/C16H17ClFNO3/c17-12-4-3-9(5-13(12)18)14(7-15(20)21)19-16(22)11-6-10(11)8-1-2-8/h3-5,8,10-11,14H,1-2,6-7H2,(H,19,22)(H,20,21). The van der Waals surface area contributed by atoms with Crippen molar-refractivity contribution in [1.82, 2.24) is 5.32 Å². The predicted molar refractivity (Wildman–Crippen MR) is 78.9 cm³/mol. The molecular weight excluding hydrogens is 309 g/mol. The van der Waals surface area contributed by atoms with Crippen LogP contribution in [0, 0.1) is 23.6 Å². The maximum atomic E-state index is 13.6. The van der Waals surface area contributed by atoms with Crippen LogP contribution in [0.25, 0.3) is 0 Å². The van der Waals surface area contributed by atoms with Gasteiger partial charge >= 0.3 is 5.97 Å². The molecule has 6 heteroatoms. The maximum Gasteiger partial charge on any atom is 0.305 e. The largest absolute Gasteiger partial charge is 0.481 e. The molecule has 4 nitrogen and oxygen atoms in total. The van der Waals surface area contributed by atoms with Crippen LogP contribution >= 0.6 is 11.6 Å². The summed E-state index contributed by atoms with van der Waals surface area (Å²) in [5.74, 6) is -0.685. The molecule has 1 aromatic carbocycles. The number of benzene rings is 1. The zero-order valence-corrected chi connectivity index (χ0v) is 12.6. The highest BCUT2D eigenvalue weighted by Crippen LogP contribution is 2.54. The smallest absolute Gasteiger partial charge is 0.305 e. The fraction of sp³-hybridized carbons (Fsp3) is 0.500. The summed E-state index contributed by atoms with van der Waals surface area (Å²) in [7, 11) is 0. The molecule has 22 heavy (non-hydrogen) atoms. The van der Waals surface area contributed by atoms with E-state index in [0.717, 1.165) is 6.42 Å². The van der Waals surface area contributed by atoms with Crippen LogP contribution in [0.1, 0.15) is 37.3 Å². The molecule has 1 aromatic rings. The van der Waals surface area contributed by atoms with Gasteiger partial charge in [0.2, 0.25) is 5.91 Å². The van der Waals surface area contributed by atoms with Crippen LogP contribution in [0.3, 0.4) is 0 Å². The summed E-state index contributed by atoms with van der Waals surface area (Å²) in [6.07, 6.45) is 2.98. The molecule has 2 N–H and O–H groups in total. The van der Waals surface area contributed by atoms with Gasteiger partial charge in [-0.05, 0) is 48.8 Å². The fourth-order valence-corrected chi connectivity index (χ4v) is 3.11. The molecule has 2 fully saturated rings. The summed E-state index contributed by atoms with van der Waals surface area (Å²) in [5, 5.41) is 11.7. The average molecular weight is 326 g/mol. The molecule has 0 spiro atoms. The van der Waals surface area contributed by atoms with E-state index in [4.69, 9.17) is 16.7 Å². The molecular formula is C16H17ClFNO3. The molecule has 3 atom stereocenters. The van der Waals surface area contributed by atoms with Crippen molar-refractivity contribution < 1.29 is 19.1 Å². The Balaban J connectivity index is 1.70.